The van der Waals surface area contributed by atoms with Gasteiger partial charge < -0.3 is 19.7 Å². The molecule has 2 aromatic carbocycles. The highest BCUT2D eigenvalue weighted by Crippen LogP contribution is 2.38. The average Bonchev–Trinajstić information content (AvgIpc) is 3.40. The summed E-state index contributed by atoms with van der Waals surface area (Å²) in [5.74, 6) is -1.54. The lowest BCUT2D eigenvalue weighted by Crippen LogP contribution is -2.44. The molecule has 0 radical (unpaired) electrons. The van der Waals surface area contributed by atoms with E-state index in [2.05, 4.69) is 5.32 Å². The molecule has 1 N–H and O–H groups in total. The second kappa shape index (κ2) is 8.27. The van der Waals surface area contributed by atoms with Crippen LogP contribution >= 0.6 is 0 Å². The maximum absolute atomic E-state index is 14.4. The zero-order chi connectivity index (χ0) is 24.0. The fourth-order valence-corrected chi connectivity index (χ4v) is 4.81. The van der Waals surface area contributed by atoms with E-state index in [4.69, 9.17) is 9.47 Å². The molecule has 0 bridgehead atoms. The van der Waals surface area contributed by atoms with E-state index < -0.39 is 41.6 Å². The van der Waals surface area contributed by atoms with Gasteiger partial charge >= 0.3 is 6.03 Å². The molecule has 2 saturated heterocycles. The number of amides is 4. The van der Waals surface area contributed by atoms with Crippen LogP contribution < -0.4 is 14.8 Å². The summed E-state index contributed by atoms with van der Waals surface area (Å²) in [5, 5.41) is 2.42. The Morgan fingerprint density at radius 3 is 2.68 bits per heavy atom. The molecule has 0 aliphatic carbocycles. The average molecular weight is 471 g/mol. The fourth-order valence-electron chi connectivity index (χ4n) is 4.81. The molecule has 10 heteroatoms. The van der Waals surface area contributed by atoms with Crippen LogP contribution in [0.3, 0.4) is 0 Å². The number of imide groups is 1. The van der Waals surface area contributed by atoms with Crippen molar-refractivity contribution in [1.29, 1.82) is 0 Å². The summed E-state index contributed by atoms with van der Waals surface area (Å²) < 4.78 is 39.3. The van der Waals surface area contributed by atoms with Crippen molar-refractivity contribution in [2.45, 2.75) is 31.3 Å². The van der Waals surface area contributed by atoms with Gasteiger partial charge in [0.15, 0.2) is 11.5 Å². The van der Waals surface area contributed by atoms with Crippen LogP contribution in [0.1, 0.15) is 36.9 Å². The van der Waals surface area contributed by atoms with Crippen LogP contribution in [-0.2, 0) is 15.1 Å². The molecule has 5 rings (SSSR count). The molecule has 8 nitrogen and oxygen atoms in total. The number of halogens is 2. The predicted molar refractivity (Wildman–Crippen MR) is 115 cm³/mol. The van der Waals surface area contributed by atoms with E-state index in [1.165, 1.54) is 6.92 Å². The maximum Gasteiger partial charge on any atom is 0.325 e. The van der Waals surface area contributed by atoms with Crippen LogP contribution in [0.2, 0.25) is 0 Å². The number of fused-ring (bicyclic) bond motifs is 1. The number of rotatable bonds is 4. The molecule has 0 aromatic heterocycles. The predicted octanol–water partition coefficient (Wildman–Crippen LogP) is 2.87. The third-order valence-electron chi connectivity index (χ3n) is 6.56. The van der Waals surface area contributed by atoms with E-state index in [0.29, 0.717) is 31.3 Å². The largest absolute Gasteiger partial charge is 0.486 e. The lowest BCUT2D eigenvalue weighted by molar-refractivity contribution is -0.139. The number of carbonyl (C=O) groups is 3. The van der Waals surface area contributed by atoms with Gasteiger partial charge in [-0.3, -0.25) is 14.5 Å². The third kappa shape index (κ3) is 3.63. The Kier molecular flexibility index (Phi) is 5.38. The summed E-state index contributed by atoms with van der Waals surface area (Å²) >= 11 is 0. The van der Waals surface area contributed by atoms with Crippen molar-refractivity contribution < 1.29 is 32.6 Å². The summed E-state index contributed by atoms with van der Waals surface area (Å²) in [6.45, 7) is 2.18. The Hall–Kier alpha value is -3.69. The topological polar surface area (TPSA) is 88.2 Å². The maximum atomic E-state index is 14.4. The first-order valence-electron chi connectivity index (χ1n) is 11.1. The van der Waals surface area contributed by atoms with Crippen LogP contribution in [0.5, 0.6) is 11.5 Å². The van der Waals surface area contributed by atoms with Crippen molar-refractivity contribution in [3.63, 3.8) is 0 Å². The SMILES string of the molecule is C[C@@]1(c2cc(F)ccc2F)NC(=O)N(CC(=O)N2CCC[C@H]2c2ccc3c(c2)OCCO3)C1=O. The molecule has 3 heterocycles. The van der Waals surface area contributed by atoms with Crippen molar-refractivity contribution in [3.05, 3.63) is 59.2 Å². The number of hydrogen-bond donors (Lipinski definition) is 1. The van der Waals surface area contributed by atoms with E-state index in [1.54, 1.807) is 11.0 Å². The van der Waals surface area contributed by atoms with Crippen LogP contribution in [0, 0.1) is 11.6 Å². The van der Waals surface area contributed by atoms with Gasteiger partial charge in [0, 0.05) is 12.1 Å². The number of benzene rings is 2. The van der Waals surface area contributed by atoms with E-state index >= 15 is 0 Å². The highest BCUT2D eigenvalue weighted by Gasteiger charge is 2.51. The van der Waals surface area contributed by atoms with Crippen molar-refractivity contribution in [2.75, 3.05) is 26.3 Å². The third-order valence-corrected chi connectivity index (χ3v) is 6.56. The van der Waals surface area contributed by atoms with Crippen LogP contribution in [0.4, 0.5) is 13.6 Å². The second-order valence-electron chi connectivity index (χ2n) is 8.72. The Bertz CT molecular complexity index is 1190. The number of carbonyl (C=O) groups excluding carboxylic acids is 3. The molecule has 2 fully saturated rings. The van der Waals surface area contributed by atoms with Gasteiger partial charge in [0.1, 0.15) is 36.9 Å². The second-order valence-corrected chi connectivity index (χ2v) is 8.72. The minimum atomic E-state index is -1.82. The molecule has 3 aliphatic rings. The summed E-state index contributed by atoms with van der Waals surface area (Å²) in [6, 6.07) is 7.15. The van der Waals surface area contributed by atoms with Gasteiger partial charge in [0.2, 0.25) is 5.91 Å². The zero-order valence-corrected chi connectivity index (χ0v) is 18.5. The molecule has 2 aromatic rings. The molecule has 178 valence electrons. The smallest absolute Gasteiger partial charge is 0.325 e. The molecule has 0 unspecified atom stereocenters. The van der Waals surface area contributed by atoms with E-state index in [1.807, 2.05) is 12.1 Å². The van der Waals surface area contributed by atoms with E-state index in [9.17, 15) is 23.2 Å². The van der Waals surface area contributed by atoms with Crippen LogP contribution in [0.25, 0.3) is 0 Å². The summed E-state index contributed by atoms with van der Waals surface area (Å²) in [6.07, 6.45) is 1.48. The van der Waals surface area contributed by atoms with Gasteiger partial charge in [0.25, 0.3) is 5.91 Å². The number of hydrogen-bond acceptors (Lipinski definition) is 5. The highest BCUT2D eigenvalue weighted by molar-refractivity contribution is 6.09. The van der Waals surface area contributed by atoms with Gasteiger partial charge in [-0.15, -0.1) is 0 Å². The molecule has 3 aliphatic heterocycles. The number of urea groups is 1. The fraction of sp³-hybridized carbons (Fsp3) is 0.375. The lowest BCUT2D eigenvalue weighted by Gasteiger charge is -2.28. The van der Waals surface area contributed by atoms with E-state index in [-0.39, 0.29) is 11.6 Å². The standard InChI is InChI=1S/C24H23F2N3O5/c1-24(16-12-15(25)5-6-17(16)26)22(31)29(23(32)27-24)13-21(30)28-8-2-3-18(28)14-4-7-19-20(11-14)34-10-9-33-19/h4-7,11-12,18H,2-3,8-10,13H2,1H3,(H,27,32)/t18-,24-/m0/s1. The van der Waals surface area contributed by atoms with Gasteiger partial charge in [-0.25, -0.2) is 13.6 Å². The molecule has 34 heavy (non-hydrogen) atoms. The minimum absolute atomic E-state index is 0.240. The molecule has 0 saturated carbocycles. The molecule has 0 spiro atoms. The van der Waals surface area contributed by atoms with Crippen molar-refractivity contribution in [1.82, 2.24) is 15.1 Å². The lowest BCUT2D eigenvalue weighted by atomic mass is 9.91. The normalized spacial score (nSPS) is 23.9. The Balaban J connectivity index is 1.35. The molecular weight excluding hydrogens is 448 g/mol. The van der Waals surface area contributed by atoms with Gasteiger partial charge in [-0.2, -0.15) is 0 Å². The quantitative estimate of drug-likeness (QED) is 0.693. The van der Waals surface area contributed by atoms with Gasteiger partial charge in [0.05, 0.1) is 6.04 Å². The Morgan fingerprint density at radius 1 is 1.12 bits per heavy atom. The first-order valence-corrected chi connectivity index (χ1v) is 11.1. The minimum Gasteiger partial charge on any atom is -0.486 e. The molecular formula is C24H23F2N3O5. The number of nitrogens with one attached hydrogen (secondary N) is 1. The number of nitrogens with zero attached hydrogens (tertiary/aromatic N) is 2. The monoisotopic (exact) mass is 471 g/mol. The first-order chi connectivity index (χ1) is 16.3. The number of likely N-dealkylation sites (tertiary alicyclic amines) is 1. The summed E-state index contributed by atoms with van der Waals surface area (Å²) in [5.41, 5.74) is -1.24. The molecule has 4 amide bonds. The van der Waals surface area contributed by atoms with E-state index in [0.717, 1.165) is 41.5 Å². The summed E-state index contributed by atoms with van der Waals surface area (Å²) in [7, 11) is 0. The first kappa shape index (κ1) is 22.1. The Labute approximate surface area is 194 Å². The van der Waals surface area contributed by atoms with Crippen molar-refractivity contribution in [2.24, 2.45) is 0 Å². The van der Waals surface area contributed by atoms with Gasteiger partial charge in [-0.1, -0.05) is 6.07 Å². The summed E-state index contributed by atoms with van der Waals surface area (Å²) in [4.78, 5) is 41.3. The highest BCUT2D eigenvalue weighted by atomic mass is 19.1. The number of ether oxygens (including phenoxy) is 2. The Morgan fingerprint density at radius 2 is 1.88 bits per heavy atom. The van der Waals surface area contributed by atoms with Gasteiger partial charge in [-0.05, 0) is 55.7 Å². The van der Waals surface area contributed by atoms with Crippen molar-refractivity contribution >= 4 is 17.8 Å². The van der Waals surface area contributed by atoms with Crippen LogP contribution in [-0.4, -0.2) is 53.9 Å². The zero-order valence-electron chi connectivity index (χ0n) is 18.5. The van der Waals surface area contributed by atoms with Crippen LogP contribution in [0.15, 0.2) is 36.4 Å². The van der Waals surface area contributed by atoms with Crippen molar-refractivity contribution in [3.8, 4) is 11.5 Å². The molecule has 2 atom stereocenters.